The van der Waals surface area contributed by atoms with Crippen molar-refractivity contribution in [2.75, 3.05) is 42.9 Å². The second kappa shape index (κ2) is 8.83. The lowest BCUT2D eigenvalue weighted by molar-refractivity contribution is -0.159. The van der Waals surface area contributed by atoms with E-state index in [2.05, 4.69) is 58.0 Å². The molecule has 0 radical (unpaired) electrons. The molecular weight excluding hydrogens is 468 g/mol. The number of likely N-dealkylation sites (tertiary alicyclic amines) is 2. The van der Waals surface area contributed by atoms with Crippen molar-refractivity contribution in [1.29, 1.82) is 0 Å². The van der Waals surface area contributed by atoms with Crippen LogP contribution in [-0.2, 0) is 21.7 Å². The van der Waals surface area contributed by atoms with Gasteiger partial charge in [-0.15, -0.1) is 0 Å². The summed E-state index contributed by atoms with van der Waals surface area (Å²) in [6.45, 7) is 12.2. The van der Waals surface area contributed by atoms with Gasteiger partial charge in [0.05, 0.1) is 11.1 Å². The molecule has 37 heavy (non-hydrogen) atoms. The molecule has 1 aliphatic carbocycles. The maximum atomic E-state index is 12.1. The van der Waals surface area contributed by atoms with Gasteiger partial charge in [0, 0.05) is 50.4 Å². The standard InChI is InChI=1S/C28H34N6O3/c1-4-22(32-15-27(16-32)17-33(18-27)23(35)5-2)19-7-9-21(10-8-19)28(11-12-28)31-25-29-13-20-14-37-26(36)34(6-3)24(20)30-25/h5,7-10,13,22H,2,4,6,11-12,14-18H2,1,3H3,(H,29,30,31). The number of carbonyl (C=O) groups is 2. The Morgan fingerprint density at radius 1 is 1.19 bits per heavy atom. The molecule has 2 aromatic rings. The molecule has 2 amide bonds. The lowest BCUT2D eigenvalue weighted by Gasteiger charge is -2.61. The summed E-state index contributed by atoms with van der Waals surface area (Å²) in [4.78, 5) is 39.1. The number of anilines is 2. The Labute approximate surface area is 217 Å². The molecule has 9 nitrogen and oxygen atoms in total. The summed E-state index contributed by atoms with van der Waals surface area (Å²) in [5.74, 6) is 1.21. The number of fused-ring (bicyclic) bond motifs is 1. The van der Waals surface area contributed by atoms with Crippen molar-refractivity contribution in [2.24, 2.45) is 5.41 Å². The zero-order valence-corrected chi connectivity index (χ0v) is 21.6. The van der Waals surface area contributed by atoms with Gasteiger partial charge in [-0.2, -0.15) is 4.98 Å². The maximum absolute atomic E-state index is 12.1. The zero-order chi connectivity index (χ0) is 25.8. The summed E-state index contributed by atoms with van der Waals surface area (Å²) < 4.78 is 5.20. The summed E-state index contributed by atoms with van der Waals surface area (Å²) in [5.41, 5.74) is 3.48. The Hall–Kier alpha value is -3.46. The molecule has 6 rings (SSSR count). The molecule has 4 aliphatic rings. The van der Waals surface area contributed by atoms with Crippen molar-refractivity contribution in [3.63, 3.8) is 0 Å². The Bertz CT molecular complexity index is 1230. The van der Waals surface area contributed by atoms with Gasteiger partial charge in [0.25, 0.3) is 0 Å². The smallest absolute Gasteiger partial charge is 0.415 e. The summed E-state index contributed by atoms with van der Waals surface area (Å²) in [5, 5.41) is 3.56. The number of rotatable bonds is 8. The molecule has 2 saturated heterocycles. The monoisotopic (exact) mass is 502 g/mol. The topological polar surface area (TPSA) is 90.9 Å². The Morgan fingerprint density at radius 2 is 1.92 bits per heavy atom. The van der Waals surface area contributed by atoms with Gasteiger partial charge in [0.15, 0.2) is 0 Å². The van der Waals surface area contributed by atoms with E-state index in [0.29, 0.717) is 24.4 Å². The molecule has 1 spiro atoms. The van der Waals surface area contributed by atoms with Crippen LogP contribution < -0.4 is 10.2 Å². The van der Waals surface area contributed by atoms with Crippen LogP contribution in [0.2, 0.25) is 0 Å². The van der Waals surface area contributed by atoms with Gasteiger partial charge in [-0.3, -0.25) is 14.6 Å². The van der Waals surface area contributed by atoms with E-state index < -0.39 is 0 Å². The molecule has 1 unspecified atom stereocenters. The van der Waals surface area contributed by atoms with Crippen molar-refractivity contribution < 1.29 is 14.3 Å². The molecule has 0 bridgehead atoms. The first-order chi connectivity index (χ1) is 17.9. The third-order valence-corrected chi connectivity index (χ3v) is 8.38. The molecule has 3 aliphatic heterocycles. The van der Waals surface area contributed by atoms with Crippen LogP contribution in [0.4, 0.5) is 16.6 Å². The summed E-state index contributed by atoms with van der Waals surface area (Å²) >= 11 is 0. The molecule has 1 aromatic heterocycles. The highest BCUT2D eigenvalue weighted by molar-refractivity contribution is 5.89. The highest BCUT2D eigenvalue weighted by Gasteiger charge is 2.54. The Balaban J connectivity index is 1.12. The largest absolute Gasteiger partial charge is 0.444 e. The van der Waals surface area contributed by atoms with E-state index in [4.69, 9.17) is 4.74 Å². The second-order valence-electron chi connectivity index (χ2n) is 10.9. The lowest BCUT2D eigenvalue weighted by atomic mass is 9.71. The molecule has 194 valence electrons. The van der Waals surface area contributed by atoms with Crippen molar-refractivity contribution in [1.82, 2.24) is 19.8 Å². The third-order valence-electron chi connectivity index (χ3n) is 8.38. The van der Waals surface area contributed by atoms with E-state index >= 15 is 0 Å². The minimum Gasteiger partial charge on any atom is -0.444 e. The fourth-order valence-electron chi connectivity index (χ4n) is 6.21. The summed E-state index contributed by atoms with van der Waals surface area (Å²) in [6.07, 6.45) is 5.87. The predicted molar refractivity (Wildman–Crippen MR) is 140 cm³/mol. The average molecular weight is 503 g/mol. The number of cyclic esters (lactones) is 1. The van der Waals surface area contributed by atoms with Gasteiger partial charge in [-0.1, -0.05) is 37.8 Å². The van der Waals surface area contributed by atoms with Crippen LogP contribution >= 0.6 is 0 Å². The number of hydrogen-bond donors (Lipinski definition) is 1. The van der Waals surface area contributed by atoms with Crippen LogP contribution in [0.1, 0.15) is 55.8 Å². The molecule has 1 saturated carbocycles. The number of amides is 2. The molecular formula is C28H34N6O3. The predicted octanol–water partition coefficient (Wildman–Crippen LogP) is 3.84. The van der Waals surface area contributed by atoms with E-state index in [1.165, 1.54) is 17.2 Å². The van der Waals surface area contributed by atoms with E-state index in [1.807, 2.05) is 11.8 Å². The molecule has 1 N–H and O–H groups in total. The average Bonchev–Trinajstić information content (AvgIpc) is 3.65. The van der Waals surface area contributed by atoms with Gasteiger partial charge in [0.2, 0.25) is 11.9 Å². The zero-order valence-electron chi connectivity index (χ0n) is 21.6. The van der Waals surface area contributed by atoms with Crippen molar-refractivity contribution in [3.8, 4) is 0 Å². The van der Waals surface area contributed by atoms with Crippen LogP contribution in [-0.4, -0.2) is 64.5 Å². The maximum Gasteiger partial charge on any atom is 0.415 e. The number of ether oxygens (including phenoxy) is 1. The van der Waals surface area contributed by atoms with Crippen LogP contribution in [0.25, 0.3) is 0 Å². The Kier molecular flexibility index (Phi) is 5.71. The van der Waals surface area contributed by atoms with E-state index in [1.54, 1.807) is 11.1 Å². The van der Waals surface area contributed by atoms with Crippen molar-refractivity contribution in [3.05, 3.63) is 59.8 Å². The van der Waals surface area contributed by atoms with Crippen LogP contribution in [0, 0.1) is 5.41 Å². The summed E-state index contributed by atoms with van der Waals surface area (Å²) in [6, 6.07) is 9.36. The van der Waals surface area contributed by atoms with E-state index in [-0.39, 0.29) is 29.6 Å². The number of benzene rings is 1. The quantitative estimate of drug-likeness (QED) is 0.549. The lowest BCUT2D eigenvalue weighted by Crippen LogP contribution is -2.72. The minimum atomic E-state index is -0.366. The van der Waals surface area contributed by atoms with Gasteiger partial charge in [0.1, 0.15) is 12.4 Å². The number of hydrogen-bond acceptors (Lipinski definition) is 7. The number of nitrogens with zero attached hydrogens (tertiary/aromatic N) is 5. The van der Waals surface area contributed by atoms with Gasteiger partial charge in [-0.05, 0) is 43.4 Å². The highest BCUT2D eigenvalue weighted by Crippen LogP contribution is 2.49. The number of aromatic nitrogens is 2. The van der Waals surface area contributed by atoms with E-state index in [9.17, 15) is 9.59 Å². The van der Waals surface area contributed by atoms with Crippen LogP contribution in [0.5, 0.6) is 0 Å². The van der Waals surface area contributed by atoms with Gasteiger partial charge in [-0.25, -0.2) is 9.78 Å². The minimum absolute atomic E-state index is 0.0419. The molecule has 1 aromatic carbocycles. The van der Waals surface area contributed by atoms with E-state index in [0.717, 1.165) is 51.0 Å². The SMILES string of the molecule is C=CC(=O)N1CC2(C1)CN(C(CC)c1ccc(C3(Nc4ncc5c(n4)N(CC)C(=O)OC5)CC3)cc1)C2. The number of nitrogens with one attached hydrogen (secondary N) is 1. The fraction of sp³-hybridized carbons (Fsp3) is 0.500. The molecule has 9 heteroatoms. The third kappa shape index (κ3) is 4.05. The Morgan fingerprint density at radius 3 is 2.54 bits per heavy atom. The highest BCUT2D eigenvalue weighted by atomic mass is 16.6. The van der Waals surface area contributed by atoms with Crippen LogP contribution in [0.3, 0.4) is 0 Å². The van der Waals surface area contributed by atoms with Crippen molar-refractivity contribution in [2.45, 2.75) is 51.3 Å². The van der Waals surface area contributed by atoms with Crippen molar-refractivity contribution >= 4 is 23.8 Å². The molecule has 4 heterocycles. The molecule has 3 fully saturated rings. The van der Waals surface area contributed by atoms with Gasteiger partial charge < -0.3 is 15.0 Å². The normalized spacial score (nSPS) is 21.8. The molecule has 1 atom stereocenters. The van der Waals surface area contributed by atoms with Gasteiger partial charge >= 0.3 is 6.09 Å². The first-order valence-electron chi connectivity index (χ1n) is 13.2. The first-order valence-corrected chi connectivity index (χ1v) is 13.2. The number of carbonyl (C=O) groups excluding carboxylic acids is 2. The fourth-order valence-corrected chi connectivity index (χ4v) is 6.21. The van der Waals surface area contributed by atoms with Crippen LogP contribution in [0.15, 0.2) is 43.1 Å². The second-order valence-corrected chi connectivity index (χ2v) is 10.9. The first kappa shape index (κ1) is 23.9. The summed E-state index contributed by atoms with van der Waals surface area (Å²) in [7, 11) is 0.